The van der Waals surface area contributed by atoms with E-state index in [9.17, 15) is 4.79 Å². The van der Waals surface area contributed by atoms with Gasteiger partial charge in [0.1, 0.15) is 0 Å². The fourth-order valence-corrected chi connectivity index (χ4v) is 1.10. The third kappa shape index (κ3) is 3.34. The van der Waals surface area contributed by atoms with E-state index in [1.165, 1.54) is 6.20 Å². The van der Waals surface area contributed by atoms with Crippen LogP contribution in [0.2, 0.25) is 0 Å². The summed E-state index contributed by atoms with van der Waals surface area (Å²) in [5.41, 5.74) is 0.315. The largest absolute Gasteiger partial charge is 0.461 e. The van der Waals surface area contributed by atoms with Crippen LogP contribution in [0.5, 0.6) is 0 Å². The number of rotatable bonds is 5. The van der Waals surface area contributed by atoms with Crippen molar-refractivity contribution in [3.63, 3.8) is 0 Å². The molecule has 0 spiro atoms. The fraction of sp³-hybridized carbons (Fsp3) is 0.364. The molecule has 0 aliphatic heterocycles. The molecule has 1 aromatic heterocycles. The third-order valence-electron chi connectivity index (χ3n) is 1.96. The van der Waals surface area contributed by atoms with Crippen molar-refractivity contribution >= 4 is 11.7 Å². The molecule has 0 unspecified atom stereocenters. The van der Waals surface area contributed by atoms with Gasteiger partial charge in [-0.2, -0.15) is 0 Å². The number of pyridine rings is 1. The van der Waals surface area contributed by atoms with Crippen LogP contribution in [-0.2, 0) is 9.53 Å². The van der Waals surface area contributed by atoms with Crippen LogP contribution in [0.3, 0.4) is 0 Å². The first-order valence-electron chi connectivity index (χ1n) is 5.09. The number of hydrogen-bond donors (Lipinski definition) is 1. The molecule has 0 aliphatic carbocycles. The second-order valence-electron chi connectivity index (χ2n) is 3.18. The summed E-state index contributed by atoms with van der Waals surface area (Å²) >= 11 is 0. The Labute approximate surface area is 93.8 Å². The van der Waals surface area contributed by atoms with Gasteiger partial charge in [-0.1, -0.05) is 18.5 Å². The van der Waals surface area contributed by atoms with E-state index < -0.39 is 5.97 Å². The Morgan fingerprint density at radius 3 is 3.00 bits per heavy atom. The minimum absolute atomic E-state index is 0.121. The highest BCUT2D eigenvalue weighted by atomic mass is 16.5. The number of carbonyl (C=O) groups is 1. The summed E-state index contributed by atoms with van der Waals surface area (Å²) in [6, 6.07) is 3.28. The Hall–Kier alpha value is -1.91. The highest BCUT2D eigenvalue weighted by Gasteiger charge is 2.16. The predicted molar refractivity (Wildman–Crippen MR) is 58.4 cm³/mol. The zero-order valence-electron chi connectivity index (χ0n) is 9.09. The van der Waals surface area contributed by atoms with Crippen LogP contribution in [-0.4, -0.2) is 28.5 Å². The van der Waals surface area contributed by atoms with Crippen LogP contribution in [0.4, 0.5) is 0 Å². The molecule has 0 bridgehead atoms. The molecule has 0 radical (unpaired) electrons. The van der Waals surface area contributed by atoms with Crippen molar-refractivity contribution in [2.75, 3.05) is 6.61 Å². The van der Waals surface area contributed by atoms with Crippen molar-refractivity contribution in [2.45, 2.75) is 19.8 Å². The lowest BCUT2D eigenvalue weighted by Crippen LogP contribution is -2.19. The van der Waals surface area contributed by atoms with E-state index in [0.717, 1.165) is 12.8 Å². The van der Waals surface area contributed by atoms with Crippen LogP contribution in [0.25, 0.3) is 0 Å². The van der Waals surface area contributed by atoms with Gasteiger partial charge in [-0.15, -0.1) is 0 Å². The average Bonchev–Trinajstić information content (AvgIpc) is 2.32. The lowest BCUT2D eigenvalue weighted by molar-refractivity contribution is -0.135. The molecule has 86 valence electrons. The minimum Gasteiger partial charge on any atom is -0.461 e. The number of esters is 1. The van der Waals surface area contributed by atoms with Crippen LogP contribution < -0.4 is 0 Å². The SMILES string of the molecule is CCCCOC(=O)/C(=N/O)c1cccnc1. The van der Waals surface area contributed by atoms with Crippen molar-refractivity contribution in [2.24, 2.45) is 5.16 Å². The number of aromatic nitrogens is 1. The highest BCUT2D eigenvalue weighted by molar-refractivity contribution is 6.43. The van der Waals surface area contributed by atoms with E-state index in [1.807, 2.05) is 6.92 Å². The van der Waals surface area contributed by atoms with Crippen molar-refractivity contribution < 1.29 is 14.7 Å². The van der Waals surface area contributed by atoms with Crippen molar-refractivity contribution in [3.8, 4) is 0 Å². The number of nitrogens with zero attached hydrogens (tertiary/aromatic N) is 2. The lowest BCUT2D eigenvalue weighted by atomic mass is 10.2. The molecule has 0 saturated carbocycles. The Morgan fingerprint density at radius 1 is 1.62 bits per heavy atom. The van der Waals surface area contributed by atoms with Crippen molar-refractivity contribution in [1.82, 2.24) is 4.98 Å². The van der Waals surface area contributed by atoms with Gasteiger partial charge >= 0.3 is 5.97 Å². The monoisotopic (exact) mass is 222 g/mol. The van der Waals surface area contributed by atoms with Crippen molar-refractivity contribution in [3.05, 3.63) is 30.1 Å². The molecular formula is C11H14N2O3. The highest BCUT2D eigenvalue weighted by Crippen LogP contribution is 2.01. The summed E-state index contributed by atoms with van der Waals surface area (Å²) in [6.45, 7) is 2.32. The second-order valence-corrected chi connectivity index (χ2v) is 3.18. The normalized spacial score (nSPS) is 11.2. The minimum atomic E-state index is -0.635. The molecule has 1 N–H and O–H groups in total. The zero-order valence-corrected chi connectivity index (χ0v) is 9.09. The van der Waals surface area contributed by atoms with Gasteiger partial charge in [0.15, 0.2) is 5.71 Å². The first-order valence-corrected chi connectivity index (χ1v) is 5.09. The Kier molecular flexibility index (Phi) is 4.98. The Bertz CT molecular complexity index is 363. The summed E-state index contributed by atoms with van der Waals surface area (Å²) in [4.78, 5) is 15.3. The summed E-state index contributed by atoms with van der Waals surface area (Å²) in [5.74, 6) is -0.635. The number of oxime groups is 1. The lowest BCUT2D eigenvalue weighted by Gasteiger charge is -2.04. The molecule has 0 atom stereocenters. The van der Waals surface area contributed by atoms with Gasteiger partial charge in [-0.05, 0) is 18.6 Å². The van der Waals surface area contributed by atoms with Gasteiger partial charge in [0.2, 0.25) is 0 Å². The van der Waals surface area contributed by atoms with Gasteiger partial charge in [0.25, 0.3) is 0 Å². The molecule has 0 amide bonds. The third-order valence-corrected chi connectivity index (χ3v) is 1.96. The molecule has 0 aromatic carbocycles. The van der Waals surface area contributed by atoms with Crippen LogP contribution in [0, 0.1) is 0 Å². The maximum Gasteiger partial charge on any atom is 0.361 e. The van der Waals surface area contributed by atoms with E-state index in [-0.39, 0.29) is 5.71 Å². The molecule has 1 rings (SSSR count). The number of hydrogen-bond acceptors (Lipinski definition) is 5. The average molecular weight is 222 g/mol. The van der Waals surface area contributed by atoms with E-state index in [0.29, 0.717) is 12.2 Å². The molecule has 16 heavy (non-hydrogen) atoms. The topological polar surface area (TPSA) is 71.8 Å². The van der Waals surface area contributed by atoms with Crippen molar-refractivity contribution in [1.29, 1.82) is 0 Å². The summed E-state index contributed by atoms with van der Waals surface area (Å²) < 4.78 is 4.93. The van der Waals surface area contributed by atoms with E-state index in [2.05, 4.69) is 10.1 Å². The van der Waals surface area contributed by atoms with Crippen LogP contribution in [0.1, 0.15) is 25.3 Å². The van der Waals surface area contributed by atoms with E-state index in [1.54, 1.807) is 18.3 Å². The number of carbonyl (C=O) groups excluding carboxylic acids is 1. The van der Waals surface area contributed by atoms with Crippen LogP contribution >= 0.6 is 0 Å². The number of ether oxygens (including phenoxy) is 1. The van der Waals surface area contributed by atoms with E-state index in [4.69, 9.17) is 9.94 Å². The fourth-order valence-electron chi connectivity index (χ4n) is 1.10. The molecule has 0 saturated heterocycles. The molecule has 1 aromatic rings. The van der Waals surface area contributed by atoms with Gasteiger partial charge < -0.3 is 9.94 Å². The Morgan fingerprint density at radius 2 is 2.44 bits per heavy atom. The molecule has 0 fully saturated rings. The first kappa shape index (κ1) is 12.2. The van der Waals surface area contributed by atoms with Crippen LogP contribution in [0.15, 0.2) is 29.7 Å². The quantitative estimate of drug-likeness (QED) is 0.270. The maximum absolute atomic E-state index is 11.5. The van der Waals surface area contributed by atoms with Gasteiger partial charge in [-0.25, -0.2) is 4.79 Å². The van der Waals surface area contributed by atoms with Gasteiger partial charge in [0.05, 0.1) is 6.61 Å². The molecule has 0 aliphatic rings. The maximum atomic E-state index is 11.5. The van der Waals surface area contributed by atoms with E-state index >= 15 is 0 Å². The second kappa shape index (κ2) is 6.55. The zero-order chi connectivity index (χ0) is 11.8. The molecule has 5 heteroatoms. The molecule has 5 nitrogen and oxygen atoms in total. The molecular weight excluding hydrogens is 208 g/mol. The number of unbranched alkanes of at least 4 members (excludes halogenated alkanes) is 1. The van der Waals surface area contributed by atoms with Gasteiger partial charge in [0, 0.05) is 18.0 Å². The summed E-state index contributed by atoms with van der Waals surface area (Å²) in [7, 11) is 0. The summed E-state index contributed by atoms with van der Waals surface area (Å²) in [6.07, 6.45) is 4.74. The summed E-state index contributed by atoms with van der Waals surface area (Å²) in [5, 5.41) is 11.7. The standard InChI is InChI=1S/C11H14N2O3/c1-2-3-7-16-11(14)10(13-15)9-5-4-6-12-8-9/h4-6,8,15H,2-3,7H2,1H3/b13-10+. The predicted octanol–water partition coefficient (Wildman–Crippen LogP) is 1.60. The first-order chi connectivity index (χ1) is 7.79. The smallest absolute Gasteiger partial charge is 0.361 e. The molecule has 1 heterocycles. The Balaban J connectivity index is 2.66. The van der Waals surface area contributed by atoms with Gasteiger partial charge in [-0.3, -0.25) is 4.98 Å².